The number of carbonyl (C=O) groups excluding carboxylic acids is 2. The molecule has 9 N–H and O–H groups in total. The molecule has 2 amide bonds. The van der Waals surface area contributed by atoms with Gasteiger partial charge in [0.05, 0.1) is 18.2 Å². The third-order valence-corrected chi connectivity index (χ3v) is 5.17. The maximum atomic E-state index is 12.8. The minimum atomic E-state index is -0.965. The lowest BCUT2D eigenvalue weighted by atomic mass is 10.0. The lowest BCUT2D eigenvalue weighted by molar-refractivity contribution is -0.130. The predicted molar refractivity (Wildman–Crippen MR) is 126 cm³/mol. The number of aliphatic hydroxyl groups excluding tert-OH is 1. The Kier molecular flexibility index (Phi) is 9.64. The number of rotatable bonds is 11. The first kappa shape index (κ1) is 25.3. The molecule has 2 aromatic rings. The van der Waals surface area contributed by atoms with Crippen molar-refractivity contribution in [3.05, 3.63) is 65.7 Å². The van der Waals surface area contributed by atoms with Crippen molar-refractivity contribution < 1.29 is 14.7 Å². The zero-order valence-electron chi connectivity index (χ0n) is 18.7. The second-order valence-corrected chi connectivity index (χ2v) is 8.51. The van der Waals surface area contributed by atoms with Crippen LogP contribution in [0.5, 0.6) is 0 Å². The Labute approximate surface area is 189 Å². The van der Waals surface area contributed by atoms with E-state index in [1.807, 2.05) is 44.2 Å². The first-order valence-corrected chi connectivity index (χ1v) is 10.8. The first-order valence-electron chi connectivity index (χ1n) is 10.8. The van der Waals surface area contributed by atoms with Gasteiger partial charge < -0.3 is 32.9 Å². The molecule has 0 radical (unpaired) electrons. The summed E-state index contributed by atoms with van der Waals surface area (Å²) in [5.41, 5.74) is 19.9. The number of carbonyl (C=O) groups is 2. The van der Waals surface area contributed by atoms with E-state index in [1.54, 1.807) is 24.3 Å². The van der Waals surface area contributed by atoms with E-state index in [4.69, 9.17) is 17.2 Å². The van der Waals surface area contributed by atoms with Crippen LogP contribution in [-0.2, 0) is 16.0 Å². The Morgan fingerprint density at radius 3 is 2.19 bits per heavy atom. The fourth-order valence-corrected chi connectivity index (χ4v) is 3.34. The number of aliphatic hydroxyl groups is 1. The van der Waals surface area contributed by atoms with Crippen LogP contribution in [0.3, 0.4) is 0 Å². The number of nitrogen functional groups attached to an aromatic ring is 1. The summed E-state index contributed by atoms with van der Waals surface area (Å²) in [6.07, 6.45) is -0.138. The summed E-state index contributed by atoms with van der Waals surface area (Å²) in [7, 11) is 0. The molecule has 0 aromatic heterocycles. The molecule has 32 heavy (non-hydrogen) atoms. The summed E-state index contributed by atoms with van der Waals surface area (Å²) in [6.45, 7) is 3.98. The minimum absolute atomic E-state index is 0.0465. The molecular formula is C24H35N5O3. The first-order chi connectivity index (χ1) is 15.2. The van der Waals surface area contributed by atoms with Gasteiger partial charge in [-0.1, -0.05) is 56.3 Å². The molecule has 2 rings (SSSR count). The van der Waals surface area contributed by atoms with Crippen LogP contribution in [0.1, 0.15) is 37.5 Å². The molecule has 0 aliphatic rings. The van der Waals surface area contributed by atoms with Crippen molar-refractivity contribution in [2.45, 2.75) is 50.9 Å². The number of anilines is 1. The molecule has 0 saturated heterocycles. The lowest BCUT2D eigenvalue weighted by Gasteiger charge is -2.24. The number of hydrogen-bond donors (Lipinski definition) is 6. The van der Waals surface area contributed by atoms with E-state index < -0.39 is 24.2 Å². The second kappa shape index (κ2) is 12.2. The van der Waals surface area contributed by atoms with Crippen molar-refractivity contribution in [2.24, 2.45) is 17.4 Å². The van der Waals surface area contributed by atoms with E-state index in [0.717, 1.165) is 5.56 Å². The average Bonchev–Trinajstić information content (AvgIpc) is 2.77. The highest BCUT2D eigenvalue weighted by atomic mass is 16.3. The zero-order chi connectivity index (χ0) is 23.7. The molecule has 0 fully saturated rings. The van der Waals surface area contributed by atoms with Gasteiger partial charge >= 0.3 is 0 Å². The summed E-state index contributed by atoms with van der Waals surface area (Å²) in [5.74, 6) is -0.579. The molecule has 0 heterocycles. The van der Waals surface area contributed by atoms with Crippen LogP contribution in [0.15, 0.2) is 54.6 Å². The number of amides is 2. The van der Waals surface area contributed by atoms with Crippen LogP contribution >= 0.6 is 0 Å². The van der Waals surface area contributed by atoms with Gasteiger partial charge in [-0.3, -0.25) is 9.59 Å². The fraction of sp³-hybridized carbons (Fsp3) is 0.417. The van der Waals surface area contributed by atoms with Crippen LogP contribution < -0.4 is 27.8 Å². The zero-order valence-corrected chi connectivity index (χ0v) is 18.7. The van der Waals surface area contributed by atoms with Gasteiger partial charge in [0.1, 0.15) is 6.04 Å². The van der Waals surface area contributed by atoms with Gasteiger partial charge in [-0.25, -0.2) is 0 Å². The van der Waals surface area contributed by atoms with E-state index in [1.165, 1.54) is 0 Å². The van der Waals surface area contributed by atoms with Gasteiger partial charge in [0.2, 0.25) is 11.8 Å². The van der Waals surface area contributed by atoms with Gasteiger partial charge in [0.15, 0.2) is 0 Å². The summed E-state index contributed by atoms with van der Waals surface area (Å²) in [5, 5.41) is 15.9. The largest absolute Gasteiger partial charge is 0.399 e. The van der Waals surface area contributed by atoms with Crippen molar-refractivity contribution in [1.82, 2.24) is 10.6 Å². The van der Waals surface area contributed by atoms with Crippen LogP contribution in [0.4, 0.5) is 5.69 Å². The van der Waals surface area contributed by atoms with Gasteiger partial charge in [-0.15, -0.1) is 0 Å². The normalized spacial score (nSPS) is 14.9. The molecule has 4 atom stereocenters. The van der Waals surface area contributed by atoms with Crippen LogP contribution in [0.25, 0.3) is 0 Å². The summed E-state index contributed by atoms with van der Waals surface area (Å²) < 4.78 is 0. The van der Waals surface area contributed by atoms with Crippen molar-refractivity contribution in [3.63, 3.8) is 0 Å². The van der Waals surface area contributed by atoms with Crippen molar-refractivity contribution in [2.75, 3.05) is 12.3 Å². The van der Waals surface area contributed by atoms with Gasteiger partial charge in [-0.05, 0) is 42.0 Å². The number of benzene rings is 2. The molecule has 8 heteroatoms. The molecule has 8 nitrogen and oxygen atoms in total. The van der Waals surface area contributed by atoms with Crippen molar-refractivity contribution >= 4 is 17.5 Å². The third kappa shape index (κ3) is 7.96. The second-order valence-electron chi connectivity index (χ2n) is 8.51. The highest BCUT2D eigenvalue weighted by molar-refractivity contribution is 5.89. The number of nitrogens with two attached hydrogens (primary N) is 3. The van der Waals surface area contributed by atoms with Crippen LogP contribution in [-0.4, -0.2) is 41.6 Å². The van der Waals surface area contributed by atoms with E-state index in [2.05, 4.69) is 10.6 Å². The van der Waals surface area contributed by atoms with Crippen molar-refractivity contribution in [1.29, 1.82) is 0 Å². The third-order valence-electron chi connectivity index (χ3n) is 5.17. The Morgan fingerprint density at radius 1 is 0.969 bits per heavy atom. The molecule has 0 bridgehead atoms. The Hall–Kier alpha value is -2.94. The van der Waals surface area contributed by atoms with Gasteiger partial charge in [0.25, 0.3) is 0 Å². The lowest BCUT2D eigenvalue weighted by Crippen LogP contribution is -2.54. The summed E-state index contributed by atoms with van der Waals surface area (Å²) >= 11 is 0. The van der Waals surface area contributed by atoms with E-state index in [0.29, 0.717) is 24.1 Å². The Morgan fingerprint density at radius 2 is 1.59 bits per heavy atom. The summed E-state index contributed by atoms with van der Waals surface area (Å²) in [4.78, 5) is 25.4. The highest BCUT2D eigenvalue weighted by Gasteiger charge is 2.26. The molecule has 0 aliphatic carbocycles. The van der Waals surface area contributed by atoms with Gasteiger partial charge in [0, 0.05) is 12.2 Å². The maximum Gasteiger partial charge on any atom is 0.242 e. The SMILES string of the molecule is CC(C)C[C@H](NC(=O)[C@H](N)Cc1ccccc1)C(=O)NC[C@H](N)[C@@H](O)c1ccc(N)cc1. The molecule has 0 aliphatic heterocycles. The quantitative estimate of drug-likeness (QED) is 0.284. The molecule has 174 valence electrons. The highest BCUT2D eigenvalue weighted by Crippen LogP contribution is 2.17. The average molecular weight is 442 g/mol. The number of nitrogens with one attached hydrogen (secondary N) is 2. The van der Waals surface area contributed by atoms with Crippen LogP contribution in [0.2, 0.25) is 0 Å². The molecule has 0 spiro atoms. The topological polar surface area (TPSA) is 156 Å². The fourth-order valence-electron chi connectivity index (χ4n) is 3.34. The Bertz CT molecular complexity index is 858. The molecule has 2 aromatic carbocycles. The predicted octanol–water partition coefficient (Wildman–Crippen LogP) is 0.847. The van der Waals surface area contributed by atoms with E-state index in [-0.39, 0.29) is 24.3 Å². The van der Waals surface area contributed by atoms with E-state index >= 15 is 0 Å². The monoisotopic (exact) mass is 441 g/mol. The number of hydrogen-bond acceptors (Lipinski definition) is 6. The van der Waals surface area contributed by atoms with E-state index in [9.17, 15) is 14.7 Å². The molecule has 0 saturated carbocycles. The maximum absolute atomic E-state index is 12.8. The smallest absolute Gasteiger partial charge is 0.242 e. The standard InChI is InChI=1S/C24H35N5O3/c1-15(2)12-21(29-23(31)19(26)13-16-6-4-3-5-7-16)24(32)28-14-20(27)22(30)17-8-10-18(25)11-9-17/h3-11,15,19-22,30H,12-14,25-27H2,1-2H3,(H,28,32)(H,29,31)/t19-,20+,21+,22+/m1/s1. The van der Waals surface area contributed by atoms with Crippen LogP contribution in [0, 0.1) is 5.92 Å². The molecular weight excluding hydrogens is 406 g/mol. The minimum Gasteiger partial charge on any atom is -0.399 e. The van der Waals surface area contributed by atoms with Crippen molar-refractivity contribution in [3.8, 4) is 0 Å². The molecule has 0 unspecified atom stereocenters. The Balaban J connectivity index is 1.93. The summed E-state index contributed by atoms with van der Waals surface area (Å²) in [6, 6.07) is 14.0. The van der Waals surface area contributed by atoms with Gasteiger partial charge in [-0.2, -0.15) is 0 Å².